The third-order valence-corrected chi connectivity index (χ3v) is 3.54. The molecule has 1 aliphatic heterocycles. The lowest BCUT2D eigenvalue weighted by molar-refractivity contribution is 0.165. The molecule has 18 heavy (non-hydrogen) atoms. The summed E-state index contributed by atoms with van der Waals surface area (Å²) in [5, 5.41) is 1.30. The average molecular weight is 243 g/mol. The van der Waals surface area contributed by atoms with Crippen LogP contribution >= 0.6 is 0 Å². The second-order valence-corrected chi connectivity index (χ2v) is 4.98. The fraction of sp³-hybridized carbons (Fsp3) is 0.357. The molecule has 1 aromatic heterocycles. The standard InChI is InChI=1S/C14H17N3O/c1-16(2)14(18)17-8-7-11-10-5-3-4-6-12(10)15-13(11)9-17/h3-6,15H,7-9H2,1-2H3. The zero-order valence-corrected chi connectivity index (χ0v) is 10.7. The fourth-order valence-corrected chi connectivity index (χ4v) is 2.64. The van der Waals surface area contributed by atoms with E-state index < -0.39 is 0 Å². The van der Waals surface area contributed by atoms with E-state index in [9.17, 15) is 4.79 Å². The van der Waals surface area contributed by atoms with E-state index in [4.69, 9.17) is 0 Å². The second-order valence-electron chi connectivity index (χ2n) is 4.98. The summed E-state index contributed by atoms with van der Waals surface area (Å²) in [5.74, 6) is 0. The van der Waals surface area contributed by atoms with E-state index in [1.807, 2.05) is 11.0 Å². The van der Waals surface area contributed by atoms with Crippen LogP contribution in [0.4, 0.5) is 4.79 Å². The number of amides is 2. The Labute approximate surface area is 106 Å². The minimum absolute atomic E-state index is 0.0827. The largest absolute Gasteiger partial charge is 0.357 e. The number of hydrogen-bond acceptors (Lipinski definition) is 1. The third-order valence-electron chi connectivity index (χ3n) is 3.54. The highest BCUT2D eigenvalue weighted by atomic mass is 16.2. The molecule has 0 aliphatic carbocycles. The Kier molecular flexibility index (Phi) is 2.51. The number of urea groups is 1. The first-order chi connectivity index (χ1) is 8.66. The van der Waals surface area contributed by atoms with Gasteiger partial charge in [0.25, 0.3) is 0 Å². The molecular formula is C14H17N3O. The number of aromatic amines is 1. The van der Waals surface area contributed by atoms with Crippen molar-refractivity contribution in [2.75, 3.05) is 20.6 Å². The van der Waals surface area contributed by atoms with Crippen molar-refractivity contribution in [3.8, 4) is 0 Å². The van der Waals surface area contributed by atoms with E-state index in [0.29, 0.717) is 6.54 Å². The maximum Gasteiger partial charge on any atom is 0.319 e. The molecule has 0 spiro atoms. The van der Waals surface area contributed by atoms with Crippen molar-refractivity contribution >= 4 is 16.9 Å². The first kappa shape index (κ1) is 11.1. The molecule has 0 atom stereocenters. The Balaban J connectivity index is 1.96. The number of aromatic nitrogens is 1. The molecule has 1 aromatic carbocycles. The normalized spacial score (nSPS) is 14.7. The summed E-state index contributed by atoms with van der Waals surface area (Å²) >= 11 is 0. The van der Waals surface area contributed by atoms with Crippen LogP contribution in [0.3, 0.4) is 0 Å². The quantitative estimate of drug-likeness (QED) is 0.757. The van der Waals surface area contributed by atoms with Crippen molar-refractivity contribution in [1.82, 2.24) is 14.8 Å². The number of carbonyl (C=O) groups excluding carboxylic acids is 1. The molecule has 0 unspecified atom stereocenters. The first-order valence-corrected chi connectivity index (χ1v) is 6.21. The minimum Gasteiger partial charge on any atom is -0.357 e. The summed E-state index contributed by atoms with van der Waals surface area (Å²) in [4.78, 5) is 18.9. The number of para-hydroxylation sites is 1. The van der Waals surface area contributed by atoms with E-state index in [-0.39, 0.29) is 6.03 Å². The summed E-state index contributed by atoms with van der Waals surface area (Å²) in [5.41, 5.74) is 3.72. The second kappa shape index (κ2) is 4.05. The highest BCUT2D eigenvalue weighted by Crippen LogP contribution is 2.27. The smallest absolute Gasteiger partial charge is 0.319 e. The summed E-state index contributed by atoms with van der Waals surface area (Å²) < 4.78 is 0. The van der Waals surface area contributed by atoms with Crippen molar-refractivity contribution in [3.63, 3.8) is 0 Å². The zero-order valence-electron chi connectivity index (χ0n) is 10.7. The number of H-pyrrole nitrogens is 1. The predicted octanol–water partition coefficient (Wildman–Crippen LogP) is 2.21. The third kappa shape index (κ3) is 1.65. The van der Waals surface area contributed by atoms with E-state index >= 15 is 0 Å². The highest BCUT2D eigenvalue weighted by Gasteiger charge is 2.24. The van der Waals surface area contributed by atoms with Crippen LogP contribution in [0, 0.1) is 0 Å². The van der Waals surface area contributed by atoms with Crippen molar-refractivity contribution in [2.45, 2.75) is 13.0 Å². The Morgan fingerprint density at radius 2 is 2.11 bits per heavy atom. The predicted molar refractivity (Wildman–Crippen MR) is 71.5 cm³/mol. The number of hydrogen-bond donors (Lipinski definition) is 1. The van der Waals surface area contributed by atoms with Crippen LogP contribution in [0.25, 0.3) is 10.9 Å². The van der Waals surface area contributed by atoms with Gasteiger partial charge in [-0.1, -0.05) is 18.2 Å². The van der Waals surface area contributed by atoms with E-state index in [1.54, 1.807) is 19.0 Å². The molecule has 0 saturated carbocycles. The van der Waals surface area contributed by atoms with Gasteiger partial charge in [0, 0.05) is 37.2 Å². The Morgan fingerprint density at radius 1 is 1.33 bits per heavy atom. The van der Waals surface area contributed by atoms with Crippen LogP contribution < -0.4 is 0 Å². The first-order valence-electron chi connectivity index (χ1n) is 6.21. The van der Waals surface area contributed by atoms with Gasteiger partial charge in [0.15, 0.2) is 0 Å². The molecule has 0 bridgehead atoms. The van der Waals surface area contributed by atoms with Crippen LogP contribution in [0.1, 0.15) is 11.3 Å². The van der Waals surface area contributed by atoms with Gasteiger partial charge in [-0.3, -0.25) is 0 Å². The molecule has 0 radical (unpaired) electrons. The minimum atomic E-state index is 0.0827. The van der Waals surface area contributed by atoms with Gasteiger partial charge in [-0.05, 0) is 18.1 Å². The number of carbonyl (C=O) groups is 1. The van der Waals surface area contributed by atoms with Gasteiger partial charge in [-0.25, -0.2) is 4.79 Å². The van der Waals surface area contributed by atoms with Gasteiger partial charge in [0.1, 0.15) is 0 Å². The average Bonchev–Trinajstić information content (AvgIpc) is 2.75. The Morgan fingerprint density at radius 3 is 2.89 bits per heavy atom. The molecular weight excluding hydrogens is 226 g/mol. The maximum absolute atomic E-state index is 12.0. The SMILES string of the molecule is CN(C)C(=O)N1CCc2c([nH]c3ccccc23)C1. The van der Waals surface area contributed by atoms with Crippen LogP contribution in [0.15, 0.2) is 24.3 Å². The van der Waals surface area contributed by atoms with Crippen LogP contribution in [-0.4, -0.2) is 41.5 Å². The monoisotopic (exact) mass is 243 g/mol. The molecule has 1 N–H and O–H groups in total. The maximum atomic E-state index is 12.0. The highest BCUT2D eigenvalue weighted by molar-refractivity contribution is 5.85. The number of fused-ring (bicyclic) bond motifs is 3. The zero-order chi connectivity index (χ0) is 12.7. The van der Waals surface area contributed by atoms with E-state index in [1.165, 1.54) is 22.2 Å². The molecule has 3 rings (SSSR count). The van der Waals surface area contributed by atoms with E-state index in [2.05, 4.69) is 23.2 Å². The summed E-state index contributed by atoms with van der Waals surface area (Å²) in [6, 6.07) is 8.42. The molecule has 0 saturated heterocycles. The van der Waals surface area contributed by atoms with Crippen molar-refractivity contribution in [2.24, 2.45) is 0 Å². The van der Waals surface area contributed by atoms with Crippen LogP contribution in [0.2, 0.25) is 0 Å². The number of benzene rings is 1. The van der Waals surface area contributed by atoms with Gasteiger partial charge in [0.2, 0.25) is 0 Å². The topological polar surface area (TPSA) is 39.3 Å². The van der Waals surface area contributed by atoms with E-state index in [0.717, 1.165) is 13.0 Å². The molecule has 2 heterocycles. The lowest BCUT2D eigenvalue weighted by Gasteiger charge is -2.29. The van der Waals surface area contributed by atoms with Crippen molar-refractivity contribution in [1.29, 1.82) is 0 Å². The number of nitrogens with one attached hydrogen (secondary N) is 1. The lowest BCUT2D eigenvalue weighted by Crippen LogP contribution is -2.42. The summed E-state index contributed by atoms with van der Waals surface area (Å²) in [6.45, 7) is 1.48. The number of nitrogens with zero attached hydrogens (tertiary/aromatic N) is 2. The van der Waals surface area contributed by atoms with Crippen LogP contribution in [-0.2, 0) is 13.0 Å². The molecule has 94 valence electrons. The Bertz CT molecular complexity index is 600. The van der Waals surface area contributed by atoms with Gasteiger partial charge in [-0.2, -0.15) is 0 Å². The molecule has 4 heteroatoms. The molecule has 2 amide bonds. The van der Waals surface area contributed by atoms with Gasteiger partial charge >= 0.3 is 6.03 Å². The van der Waals surface area contributed by atoms with Gasteiger partial charge < -0.3 is 14.8 Å². The van der Waals surface area contributed by atoms with Gasteiger partial charge in [-0.15, -0.1) is 0 Å². The Hall–Kier alpha value is -1.97. The molecule has 2 aromatic rings. The van der Waals surface area contributed by atoms with Crippen LogP contribution in [0.5, 0.6) is 0 Å². The summed E-state index contributed by atoms with van der Waals surface area (Å²) in [6.07, 6.45) is 0.929. The fourth-order valence-electron chi connectivity index (χ4n) is 2.64. The molecule has 4 nitrogen and oxygen atoms in total. The van der Waals surface area contributed by atoms with Crippen molar-refractivity contribution < 1.29 is 4.79 Å². The summed E-state index contributed by atoms with van der Waals surface area (Å²) in [7, 11) is 3.59. The van der Waals surface area contributed by atoms with Crippen molar-refractivity contribution in [3.05, 3.63) is 35.5 Å². The molecule has 0 fully saturated rings. The van der Waals surface area contributed by atoms with Gasteiger partial charge in [0.05, 0.1) is 6.54 Å². The lowest BCUT2D eigenvalue weighted by atomic mass is 10.0. The molecule has 1 aliphatic rings. The number of rotatable bonds is 0.